The van der Waals surface area contributed by atoms with Gasteiger partial charge in [-0.25, -0.2) is 0 Å². The standard InChI is InChI=1S/C24H29NO/c26-22-17-24(25-13-7-8-14-25)15-20(18-9-3-1-4-10-18)23(22)21(16-24)19-11-5-2-6-12-19/h1-6,9-12,20-23,26H,7-8,13-17H2/t20-,21-,22+,23?,24?/m0/s1. The topological polar surface area (TPSA) is 23.5 Å². The molecule has 3 atom stereocenters. The van der Waals surface area contributed by atoms with Crippen molar-refractivity contribution >= 4 is 0 Å². The Hall–Kier alpha value is -1.64. The fraction of sp³-hybridized carbons (Fsp3) is 0.500. The van der Waals surface area contributed by atoms with E-state index in [0.29, 0.717) is 17.8 Å². The molecule has 3 saturated carbocycles. The van der Waals surface area contributed by atoms with Crippen LogP contribution in [0.25, 0.3) is 0 Å². The highest BCUT2D eigenvalue weighted by atomic mass is 16.3. The summed E-state index contributed by atoms with van der Waals surface area (Å²) in [6.45, 7) is 2.42. The largest absolute Gasteiger partial charge is 0.393 e. The minimum absolute atomic E-state index is 0.172. The lowest BCUT2D eigenvalue weighted by Gasteiger charge is -2.60. The van der Waals surface area contributed by atoms with Crippen molar-refractivity contribution in [3.8, 4) is 0 Å². The number of aliphatic hydroxyl groups excluding tert-OH is 1. The average molecular weight is 348 g/mol. The van der Waals surface area contributed by atoms with Crippen molar-refractivity contribution < 1.29 is 5.11 Å². The molecular weight excluding hydrogens is 318 g/mol. The van der Waals surface area contributed by atoms with E-state index in [1.54, 1.807) is 0 Å². The average Bonchev–Trinajstić information content (AvgIpc) is 3.25. The summed E-state index contributed by atoms with van der Waals surface area (Å²) < 4.78 is 0. The number of hydrogen-bond donors (Lipinski definition) is 1. The van der Waals surface area contributed by atoms with Crippen LogP contribution >= 0.6 is 0 Å². The second-order valence-electron chi connectivity index (χ2n) is 8.71. The highest BCUT2D eigenvalue weighted by molar-refractivity contribution is 5.32. The molecule has 2 heteroatoms. The van der Waals surface area contributed by atoms with Gasteiger partial charge in [0.1, 0.15) is 0 Å². The van der Waals surface area contributed by atoms with Gasteiger partial charge in [0.2, 0.25) is 0 Å². The number of aliphatic hydroxyl groups is 1. The summed E-state index contributed by atoms with van der Waals surface area (Å²) in [5, 5.41) is 11.3. The van der Waals surface area contributed by atoms with Gasteiger partial charge in [0, 0.05) is 5.54 Å². The summed E-state index contributed by atoms with van der Waals surface area (Å²) in [6, 6.07) is 21.9. The molecule has 2 aromatic rings. The van der Waals surface area contributed by atoms with E-state index in [0.717, 1.165) is 6.42 Å². The fourth-order valence-corrected chi connectivity index (χ4v) is 6.34. The van der Waals surface area contributed by atoms with Gasteiger partial charge in [-0.1, -0.05) is 60.7 Å². The Morgan fingerprint density at radius 3 is 1.73 bits per heavy atom. The van der Waals surface area contributed by atoms with E-state index in [4.69, 9.17) is 0 Å². The zero-order valence-corrected chi connectivity index (χ0v) is 15.4. The van der Waals surface area contributed by atoms with Crippen molar-refractivity contribution in [3.05, 3.63) is 71.8 Å². The first-order valence-electron chi connectivity index (χ1n) is 10.3. The Balaban J connectivity index is 1.59. The van der Waals surface area contributed by atoms with Crippen LogP contribution in [0.3, 0.4) is 0 Å². The van der Waals surface area contributed by atoms with E-state index in [9.17, 15) is 5.11 Å². The summed E-state index contributed by atoms with van der Waals surface area (Å²) in [5.74, 6) is 1.25. The van der Waals surface area contributed by atoms with Gasteiger partial charge in [0.15, 0.2) is 0 Å². The Bertz CT molecular complexity index is 688. The van der Waals surface area contributed by atoms with Crippen molar-refractivity contribution in [2.45, 2.75) is 55.6 Å². The molecule has 3 aliphatic carbocycles. The predicted molar refractivity (Wildman–Crippen MR) is 105 cm³/mol. The molecule has 1 N–H and O–H groups in total. The zero-order valence-electron chi connectivity index (χ0n) is 15.4. The monoisotopic (exact) mass is 347 g/mol. The first-order chi connectivity index (χ1) is 12.8. The maximum Gasteiger partial charge on any atom is 0.0597 e. The molecular formula is C24H29NO. The van der Waals surface area contributed by atoms with Crippen molar-refractivity contribution in [2.24, 2.45) is 5.92 Å². The lowest BCUT2D eigenvalue weighted by Crippen LogP contribution is -2.62. The molecule has 4 aliphatic rings. The lowest BCUT2D eigenvalue weighted by atomic mass is 9.51. The molecule has 2 bridgehead atoms. The number of benzene rings is 2. The van der Waals surface area contributed by atoms with E-state index in [2.05, 4.69) is 65.6 Å². The molecule has 26 heavy (non-hydrogen) atoms. The quantitative estimate of drug-likeness (QED) is 0.879. The molecule has 1 heterocycles. The Morgan fingerprint density at radius 2 is 1.23 bits per heavy atom. The van der Waals surface area contributed by atoms with Crippen molar-refractivity contribution in [3.63, 3.8) is 0 Å². The molecule has 0 spiro atoms. The zero-order chi connectivity index (χ0) is 17.6. The van der Waals surface area contributed by atoms with Crippen LogP contribution in [-0.4, -0.2) is 34.7 Å². The van der Waals surface area contributed by atoms with E-state index in [-0.39, 0.29) is 11.6 Å². The van der Waals surface area contributed by atoms with Crippen LogP contribution in [0, 0.1) is 5.92 Å². The molecule has 0 radical (unpaired) electrons. The third kappa shape index (κ3) is 2.62. The van der Waals surface area contributed by atoms with E-state index in [1.807, 2.05) is 0 Å². The minimum Gasteiger partial charge on any atom is -0.393 e. The van der Waals surface area contributed by atoms with Crippen LogP contribution in [0.1, 0.15) is 55.1 Å². The van der Waals surface area contributed by atoms with Crippen LogP contribution in [0.2, 0.25) is 0 Å². The van der Waals surface area contributed by atoms with E-state index < -0.39 is 0 Å². The van der Waals surface area contributed by atoms with Crippen LogP contribution in [0.5, 0.6) is 0 Å². The molecule has 2 nitrogen and oxygen atoms in total. The number of hydrogen-bond acceptors (Lipinski definition) is 2. The van der Waals surface area contributed by atoms with Gasteiger partial charge >= 0.3 is 0 Å². The van der Waals surface area contributed by atoms with Gasteiger partial charge in [-0.15, -0.1) is 0 Å². The molecule has 6 rings (SSSR count). The van der Waals surface area contributed by atoms with Gasteiger partial charge in [-0.05, 0) is 74.1 Å². The second kappa shape index (κ2) is 6.51. The van der Waals surface area contributed by atoms with Gasteiger partial charge < -0.3 is 5.11 Å². The highest BCUT2D eigenvalue weighted by Crippen LogP contribution is 2.60. The Morgan fingerprint density at radius 1 is 0.731 bits per heavy atom. The first kappa shape index (κ1) is 16.5. The SMILES string of the molecule is O[C@@H]1CC2(N3CCCC3)C[C@@H](c3ccccc3)C1[C@H](c1ccccc1)C2. The molecule has 136 valence electrons. The molecule has 1 saturated heterocycles. The minimum atomic E-state index is -0.200. The van der Waals surface area contributed by atoms with Gasteiger partial charge in [-0.2, -0.15) is 0 Å². The van der Waals surface area contributed by atoms with Crippen molar-refractivity contribution in [1.29, 1.82) is 0 Å². The summed E-state index contributed by atoms with van der Waals surface area (Å²) in [4.78, 5) is 2.73. The summed E-state index contributed by atoms with van der Waals surface area (Å²) in [7, 11) is 0. The number of likely N-dealkylation sites (tertiary alicyclic amines) is 1. The molecule has 1 aliphatic heterocycles. The van der Waals surface area contributed by atoms with Gasteiger partial charge in [0.25, 0.3) is 0 Å². The smallest absolute Gasteiger partial charge is 0.0597 e. The molecule has 0 aromatic heterocycles. The maximum absolute atomic E-state index is 11.3. The summed E-state index contributed by atoms with van der Waals surface area (Å²) >= 11 is 0. The molecule has 0 amide bonds. The molecule has 4 fully saturated rings. The van der Waals surface area contributed by atoms with E-state index in [1.165, 1.54) is 49.9 Å². The molecule has 2 aromatic carbocycles. The summed E-state index contributed by atoms with van der Waals surface area (Å²) in [5.41, 5.74) is 3.01. The first-order valence-corrected chi connectivity index (χ1v) is 10.3. The highest BCUT2D eigenvalue weighted by Gasteiger charge is 2.57. The summed E-state index contributed by atoms with van der Waals surface area (Å²) in [6.07, 6.45) is 5.81. The van der Waals surface area contributed by atoms with Crippen molar-refractivity contribution in [1.82, 2.24) is 4.90 Å². The third-order valence-electron chi connectivity index (χ3n) is 7.39. The van der Waals surface area contributed by atoms with Gasteiger partial charge in [-0.3, -0.25) is 4.90 Å². The van der Waals surface area contributed by atoms with E-state index >= 15 is 0 Å². The number of rotatable bonds is 3. The second-order valence-corrected chi connectivity index (χ2v) is 8.71. The number of nitrogens with zero attached hydrogens (tertiary/aromatic N) is 1. The van der Waals surface area contributed by atoms with Crippen molar-refractivity contribution in [2.75, 3.05) is 13.1 Å². The van der Waals surface area contributed by atoms with Crippen LogP contribution < -0.4 is 0 Å². The van der Waals surface area contributed by atoms with Crippen LogP contribution in [0.4, 0.5) is 0 Å². The Labute approximate surface area is 156 Å². The van der Waals surface area contributed by atoms with Gasteiger partial charge in [0.05, 0.1) is 6.10 Å². The Kier molecular flexibility index (Phi) is 4.14. The fourth-order valence-electron chi connectivity index (χ4n) is 6.34. The van der Waals surface area contributed by atoms with Crippen LogP contribution in [-0.2, 0) is 0 Å². The maximum atomic E-state index is 11.3. The lowest BCUT2D eigenvalue weighted by molar-refractivity contribution is -0.0988. The predicted octanol–water partition coefficient (Wildman–Crippen LogP) is 4.56. The van der Waals surface area contributed by atoms with Crippen LogP contribution in [0.15, 0.2) is 60.7 Å². The number of fused-ring (bicyclic) bond motifs is 3. The molecule has 0 unspecified atom stereocenters. The third-order valence-corrected chi connectivity index (χ3v) is 7.39. The normalized spacial score (nSPS) is 37.1.